The van der Waals surface area contributed by atoms with Crippen molar-refractivity contribution in [3.8, 4) is 0 Å². The minimum Gasteiger partial charge on any atom is -0.397 e. The number of hydrogen-bond acceptors (Lipinski definition) is 4. The van der Waals surface area contributed by atoms with E-state index in [0.717, 1.165) is 25.3 Å². The number of non-ortho nitro benzene ring substituents is 1. The molecular formula is C13H16ClN3O3. The molecule has 0 bridgehead atoms. The van der Waals surface area contributed by atoms with E-state index >= 15 is 0 Å². The molecule has 1 aliphatic heterocycles. The van der Waals surface area contributed by atoms with Gasteiger partial charge in [-0.25, -0.2) is 0 Å². The smallest absolute Gasteiger partial charge is 0.271 e. The molecule has 1 aromatic rings. The van der Waals surface area contributed by atoms with Crippen molar-refractivity contribution in [2.24, 2.45) is 0 Å². The second-order valence-electron chi connectivity index (χ2n) is 4.99. The van der Waals surface area contributed by atoms with Crippen LogP contribution in [0.1, 0.15) is 36.5 Å². The number of benzene rings is 1. The van der Waals surface area contributed by atoms with Crippen LogP contribution in [-0.2, 0) is 0 Å². The van der Waals surface area contributed by atoms with E-state index in [2.05, 4.69) is 0 Å². The van der Waals surface area contributed by atoms with Crippen LogP contribution in [0.4, 0.5) is 11.4 Å². The van der Waals surface area contributed by atoms with Gasteiger partial charge in [-0.15, -0.1) is 0 Å². The molecule has 1 atom stereocenters. The Bertz CT molecular complexity index is 562. The fourth-order valence-corrected chi connectivity index (χ4v) is 2.65. The van der Waals surface area contributed by atoms with Crippen molar-refractivity contribution in [2.75, 3.05) is 12.3 Å². The summed E-state index contributed by atoms with van der Waals surface area (Å²) in [6.07, 6.45) is 2.93. The van der Waals surface area contributed by atoms with Gasteiger partial charge in [0.15, 0.2) is 0 Å². The van der Waals surface area contributed by atoms with Crippen molar-refractivity contribution in [2.45, 2.75) is 32.2 Å². The number of carbonyl (C=O) groups is 1. The van der Waals surface area contributed by atoms with Crippen LogP contribution in [-0.4, -0.2) is 28.3 Å². The number of halogens is 1. The van der Waals surface area contributed by atoms with Crippen LogP contribution < -0.4 is 5.73 Å². The number of nitro groups is 1. The van der Waals surface area contributed by atoms with Gasteiger partial charge in [-0.2, -0.15) is 0 Å². The molecule has 2 rings (SSSR count). The molecule has 1 unspecified atom stereocenters. The van der Waals surface area contributed by atoms with E-state index in [1.807, 2.05) is 6.92 Å². The number of amides is 1. The number of likely N-dealkylation sites (tertiary alicyclic amines) is 1. The number of anilines is 1. The van der Waals surface area contributed by atoms with Gasteiger partial charge in [-0.05, 0) is 26.2 Å². The molecule has 0 aromatic heterocycles. The third-order valence-corrected chi connectivity index (χ3v) is 3.93. The van der Waals surface area contributed by atoms with Crippen LogP contribution in [0.3, 0.4) is 0 Å². The lowest BCUT2D eigenvalue weighted by atomic mass is 10.0. The highest BCUT2D eigenvalue weighted by Crippen LogP contribution is 2.31. The molecule has 1 aliphatic rings. The fourth-order valence-electron chi connectivity index (χ4n) is 2.44. The van der Waals surface area contributed by atoms with Crippen LogP contribution in [0.25, 0.3) is 0 Å². The van der Waals surface area contributed by atoms with Gasteiger partial charge < -0.3 is 10.6 Å². The summed E-state index contributed by atoms with van der Waals surface area (Å²) < 4.78 is 0. The second-order valence-corrected chi connectivity index (χ2v) is 5.40. The van der Waals surface area contributed by atoms with Crippen LogP contribution >= 0.6 is 11.6 Å². The van der Waals surface area contributed by atoms with Gasteiger partial charge in [0.05, 0.1) is 21.2 Å². The van der Waals surface area contributed by atoms with Gasteiger partial charge in [-0.3, -0.25) is 14.9 Å². The zero-order chi connectivity index (χ0) is 14.9. The summed E-state index contributed by atoms with van der Waals surface area (Å²) in [4.78, 5) is 24.5. The number of rotatable bonds is 2. The number of nitrogen functional groups attached to an aromatic ring is 1. The Labute approximate surface area is 121 Å². The predicted molar refractivity (Wildman–Crippen MR) is 76.9 cm³/mol. The van der Waals surface area contributed by atoms with Crippen molar-refractivity contribution in [1.82, 2.24) is 4.90 Å². The first-order valence-electron chi connectivity index (χ1n) is 6.46. The van der Waals surface area contributed by atoms with Crippen molar-refractivity contribution in [1.29, 1.82) is 0 Å². The maximum atomic E-state index is 12.5. The SMILES string of the molecule is CC1CCCCN1C(=O)c1cc([N+](=O)[O-])cc(Cl)c1N. The van der Waals surface area contributed by atoms with Crippen LogP contribution in [0.15, 0.2) is 12.1 Å². The Morgan fingerprint density at radius 3 is 2.80 bits per heavy atom. The summed E-state index contributed by atoms with van der Waals surface area (Å²) in [5.41, 5.74) is 5.78. The Kier molecular flexibility index (Phi) is 4.13. The Balaban J connectivity index is 2.40. The molecule has 2 N–H and O–H groups in total. The quantitative estimate of drug-likeness (QED) is 0.516. The molecule has 0 spiro atoms. The van der Waals surface area contributed by atoms with Crippen molar-refractivity contribution >= 4 is 28.9 Å². The summed E-state index contributed by atoms with van der Waals surface area (Å²) in [6.45, 7) is 2.60. The number of nitro benzene ring substituents is 1. The van der Waals surface area contributed by atoms with Crippen LogP contribution in [0.5, 0.6) is 0 Å². The lowest BCUT2D eigenvalue weighted by molar-refractivity contribution is -0.384. The number of nitrogens with zero attached hydrogens (tertiary/aromatic N) is 2. The normalized spacial score (nSPS) is 18.9. The zero-order valence-corrected chi connectivity index (χ0v) is 11.9. The summed E-state index contributed by atoms with van der Waals surface area (Å²) in [7, 11) is 0. The molecule has 0 radical (unpaired) electrons. The molecule has 7 heteroatoms. The first-order chi connectivity index (χ1) is 9.41. The maximum Gasteiger partial charge on any atom is 0.271 e. The highest BCUT2D eigenvalue weighted by molar-refractivity contribution is 6.34. The fraction of sp³-hybridized carbons (Fsp3) is 0.462. The topological polar surface area (TPSA) is 89.5 Å². The van der Waals surface area contributed by atoms with E-state index < -0.39 is 4.92 Å². The second kappa shape index (κ2) is 5.66. The summed E-state index contributed by atoms with van der Waals surface area (Å²) >= 11 is 5.88. The molecule has 1 saturated heterocycles. The van der Waals surface area contributed by atoms with E-state index in [-0.39, 0.29) is 33.9 Å². The van der Waals surface area contributed by atoms with Crippen molar-refractivity contribution in [3.63, 3.8) is 0 Å². The van der Waals surface area contributed by atoms with Gasteiger partial charge in [0.25, 0.3) is 11.6 Å². The van der Waals surface area contributed by atoms with Crippen LogP contribution in [0, 0.1) is 10.1 Å². The van der Waals surface area contributed by atoms with E-state index in [1.165, 1.54) is 6.07 Å². The van der Waals surface area contributed by atoms with Gasteiger partial charge in [-0.1, -0.05) is 11.6 Å². The summed E-state index contributed by atoms with van der Waals surface area (Å²) in [5, 5.41) is 10.9. The van der Waals surface area contributed by atoms with Crippen molar-refractivity contribution in [3.05, 3.63) is 32.8 Å². The maximum absolute atomic E-state index is 12.5. The first-order valence-corrected chi connectivity index (χ1v) is 6.84. The molecule has 0 aliphatic carbocycles. The number of piperidine rings is 1. The first kappa shape index (κ1) is 14.6. The van der Waals surface area contributed by atoms with E-state index in [9.17, 15) is 14.9 Å². The standard InChI is InChI=1S/C13H16ClN3O3/c1-8-4-2-3-5-16(8)13(18)10-6-9(17(19)20)7-11(14)12(10)15/h6-8H,2-5,15H2,1H3. The molecule has 6 nitrogen and oxygen atoms in total. The average Bonchev–Trinajstić information content (AvgIpc) is 2.41. The summed E-state index contributed by atoms with van der Waals surface area (Å²) in [5.74, 6) is -0.291. The van der Waals surface area contributed by atoms with Gasteiger partial charge in [0.1, 0.15) is 0 Å². The molecule has 1 amide bonds. The van der Waals surface area contributed by atoms with E-state index in [1.54, 1.807) is 4.90 Å². The molecule has 0 saturated carbocycles. The van der Waals surface area contributed by atoms with E-state index in [4.69, 9.17) is 17.3 Å². The third-order valence-electron chi connectivity index (χ3n) is 3.62. The molecular weight excluding hydrogens is 282 g/mol. The number of hydrogen-bond donors (Lipinski definition) is 1. The average molecular weight is 298 g/mol. The van der Waals surface area contributed by atoms with Crippen LogP contribution in [0.2, 0.25) is 5.02 Å². The molecule has 20 heavy (non-hydrogen) atoms. The highest BCUT2D eigenvalue weighted by atomic mass is 35.5. The summed E-state index contributed by atoms with van der Waals surface area (Å²) in [6, 6.07) is 2.46. The minimum absolute atomic E-state index is 0.0345. The molecule has 1 heterocycles. The van der Waals surface area contributed by atoms with E-state index in [0.29, 0.717) is 6.54 Å². The molecule has 1 fully saturated rings. The third kappa shape index (κ3) is 2.70. The molecule has 1 aromatic carbocycles. The number of nitrogens with two attached hydrogens (primary N) is 1. The number of carbonyl (C=O) groups excluding carboxylic acids is 1. The lowest BCUT2D eigenvalue weighted by Gasteiger charge is -2.33. The largest absolute Gasteiger partial charge is 0.397 e. The molecule has 108 valence electrons. The minimum atomic E-state index is -0.582. The predicted octanol–water partition coefficient (Wildman–Crippen LogP) is 2.85. The monoisotopic (exact) mass is 297 g/mol. The highest BCUT2D eigenvalue weighted by Gasteiger charge is 2.27. The van der Waals surface area contributed by atoms with Crippen molar-refractivity contribution < 1.29 is 9.72 Å². The Hall–Kier alpha value is -1.82. The lowest BCUT2D eigenvalue weighted by Crippen LogP contribution is -2.42. The zero-order valence-electron chi connectivity index (χ0n) is 11.1. The van der Waals surface area contributed by atoms with Gasteiger partial charge >= 0.3 is 0 Å². The Morgan fingerprint density at radius 1 is 1.50 bits per heavy atom. The Morgan fingerprint density at radius 2 is 2.20 bits per heavy atom. The van der Waals surface area contributed by atoms with Gasteiger partial charge in [0, 0.05) is 24.7 Å². The van der Waals surface area contributed by atoms with Gasteiger partial charge in [0.2, 0.25) is 0 Å².